The molecule has 108 valence electrons. The molecule has 0 fully saturated rings. The average Bonchev–Trinajstić information content (AvgIpc) is 2.38. The Morgan fingerprint density at radius 2 is 1.95 bits per heavy atom. The van der Waals surface area contributed by atoms with Gasteiger partial charge in [0.1, 0.15) is 0 Å². The number of para-hydroxylation sites is 1. The summed E-state index contributed by atoms with van der Waals surface area (Å²) in [6.07, 6.45) is 2.78. The van der Waals surface area contributed by atoms with Gasteiger partial charge < -0.3 is 9.87 Å². The standard InChI is InChI=1S/C15H25NO2S/c1-4-15(2,3)13-9-5-6-10-14(13)16-11-7-8-12-19(17)18/h5-6,9-10,16H,4,7-8,11-12H2,1-3H3,(H,17,18). The fraction of sp³-hybridized carbons (Fsp3) is 0.600. The number of rotatable bonds is 8. The lowest BCUT2D eigenvalue weighted by Crippen LogP contribution is -2.18. The summed E-state index contributed by atoms with van der Waals surface area (Å²) in [6, 6.07) is 8.40. The summed E-state index contributed by atoms with van der Waals surface area (Å²) in [7, 11) is 0. The summed E-state index contributed by atoms with van der Waals surface area (Å²) in [5, 5.41) is 3.45. The second kappa shape index (κ2) is 7.65. The Balaban J connectivity index is 2.56. The van der Waals surface area contributed by atoms with Gasteiger partial charge in [-0.1, -0.05) is 39.0 Å². The van der Waals surface area contributed by atoms with Crippen molar-refractivity contribution >= 4 is 16.8 Å². The molecule has 0 heterocycles. The highest BCUT2D eigenvalue weighted by molar-refractivity contribution is 7.79. The minimum Gasteiger partial charge on any atom is -0.385 e. The van der Waals surface area contributed by atoms with Gasteiger partial charge in [-0.05, 0) is 36.3 Å². The number of anilines is 1. The van der Waals surface area contributed by atoms with E-state index in [9.17, 15) is 4.21 Å². The van der Waals surface area contributed by atoms with Gasteiger partial charge >= 0.3 is 0 Å². The average molecular weight is 283 g/mol. The summed E-state index contributed by atoms with van der Waals surface area (Å²) in [5.41, 5.74) is 2.68. The maximum Gasteiger partial charge on any atom is 0.152 e. The van der Waals surface area contributed by atoms with Gasteiger partial charge in [-0.25, -0.2) is 4.21 Å². The van der Waals surface area contributed by atoms with E-state index >= 15 is 0 Å². The molecule has 1 aromatic carbocycles. The first-order valence-electron chi connectivity index (χ1n) is 6.88. The SMILES string of the molecule is CCC(C)(C)c1ccccc1NCCCCS(=O)O. The molecule has 0 aromatic heterocycles. The molecule has 0 bridgehead atoms. The van der Waals surface area contributed by atoms with Crippen LogP contribution in [0.4, 0.5) is 5.69 Å². The summed E-state index contributed by atoms with van der Waals surface area (Å²) in [5.74, 6) is 0.365. The topological polar surface area (TPSA) is 49.3 Å². The molecule has 0 aliphatic carbocycles. The highest BCUT2D eigenvalue weighted by Crippen LogP contribution is 2.32. The van der Waals surface area contributed by atoms with Crippen molar-refractivity contribution in [1.82, 2.24) is 0 Å². The second-order valence-electron chi connectivity index (χ2n) is 5.44. The molecule has 0 saturated carbocycles. The lowest BCUT2D eigenvalue weighted by Gasteiger charge is -2.26. The van der Waals surface area contributed by atoms with Gasteiger partial charge in [-0.2, -0.15) is 0 Å². The number of unbranched alkanes of at least 4 members (excludes halogenated alkanes) is 1. The third-order valence-electron chi connectivity index (χ3n) is 3.60. The molecular formula is C15H25NO2S. The van der Waals surface area contributed by atoms with Crippen molar-refractivity contribution in [2.75, 3.05) is 17.6 Å². The third kappa shape index (κ3) is 5.33. The van der Waals surface area contributed by atoms with Crippen LogP contribution in [0.2, 0.25) is 0 Å². The normalized spacial score (nSPS) is 13.3. The van der Waals surface area contributed by atoms with Crippen LogP contribution in [0.25, 0.3) is 0 Å². The van der Waals surface area contributed by atoms with Crippen LogP contribution in [0.15, 0.2) is 24.3 Å². The fourth-order valence-electron chi connectivity index (χ4n) is 1.99. The van der Waals surface area contributed by atoms with Crippen molar-refractivity contribution in [2.24, 2.45) is 0 Å². The number of benzene rings is 1. The molecule has 4 heteroatoms. The molecule has 0 radical (unpaired) electrons. The van der Waals surface area contributed by atoms with Gasteiger partial charge in [0.25, 0.3) is 0 Å². The van der Waals surface area contributed by atoms with Crippen molar-refractivity contribution < 1.29 is 8.76 Å². The molecule has 0 amide bonds. The lowest BCUT2D eigenvalue weighted by atomic mass is 9.81. The van der Waals surface area contributed by atoms with E-state index in [0.717, 1.165) is 25.8 Å². The predicted octanol–water partition coefficient (Wildman–Crippen LogP) is 3.79. The van der Waals surface area contributed by atoms with Crippen molar-refractivity contribution in [2.45, 2.75) is 45.4 Å². The van der Waals surface area contributed by atoms with Crippen molar-refractivity contribution in [3.63, 3.8) is 0 Å². The highest BCUT2D eigenvalue weighted by atomic mass is 32.2. The molecule has 1 unspecified atom stereocenters. The smallest absolute Gasteiger partial charge is 0.152 e. The number of nitrogens with one attached hydrogen (secondary N) is 1. The zero-order valence-corrected chi connectivity index (χ0v) is 12.9. The van der Waals surface area contributed by atoms with Crippen LogP contribution in [0, 0.1) is 0 Å². The molecule has 0 saturated heterocycles. The van der Waals surface area contributed by atoms with Crippen LogP contribution in [0.1, 0.15) is 45.6 Å². The second-order valence-corrected chi connectivity index (χ2v) is 6.49. The van der Waals surface area contributed by atoms with Gasteiger partial charge in [0.2, 0.25) is 0 Å². The molecule has 2 N–H and O–H groups in total. The van der Waals surface area contributed by atoms with E-state index in [4.69, 9.17) is 4.55 Å². The van der Waals surface area contributed by atoms with Gasteiger partial charge in [-0.15, -0.1) is 0 Å². The molecule has 1 rings (SSSR count). The first-order chi connectivity index (χ1) is 8.97. The minimum atomic E-state index is -1.66. The van der Waals surface area contributed by atoms with Crippen LogP contribution in [-0.2, 0) is 16.5 Å². The van der Waals surface area contributed by atoms with Crippen LogP contribution in [0.5, 0.6) is 0 Å². The monoisotopic (exact) mass is 283 g/mol. The Labute approximate surface area is 119 Å². The van der Waals surface area contributed by atoms with E-state index in [1.54, 1.807) is 0 Å². The van der Waals surface area contributed by atoms with E-state index in [1.165, 1.54) is 11.3 Å². The van der Waals surface area contributed by atoms with E-state index < -0.39 is 11.1 Å². The molecule has 3 nitrogen and oxygen atoms in total. The first kappa shape index (κ1) is 16.2. The zero-order valence-electron chi connectivity index (χ0n) is 12.1. The molecular weight excluding hydrogens is 258 g/mol. The first-order valence-corrected chi connectivity index (χ1v) is 8.16. The zero-order chi connectivity index (χ0) is 14.3. The molecule has 0 aliphatic heterocycles. The van der Waals surface area contributed by atoms with Crippen LogP contribution < -0.4 is 5.32 Å². The number of hydrogen-bond donors (Lipinski definition) is 2. The quantitative estimate of drug-likeness (QED) is 0.564. The van der Waals surface area contributed by atoms with E-state index in [2.05, 4.69) is 44.3 Å². The molecule has 0 aliphatic rings. The molecule has 1 atom stereocenters. The Bertz CT molecular complexity index is 418. The largest absolute Gasteiger partial charge is 0.385 e. The van der Waals surface area contributed by atoms with Gasteiger partial charge in [-0.3, -0.25) is 0 Å². The maximum atomic E-state index is 10.5. The number of hydrogen-bond acceptors (Lipinski definition) is 2. The van der Waals surface area contributed by atoms with Crippen LogP contribution in [-0.4, -0.2) is 21.1 Å². The van der Waals surface area contributed by atoms with Crippen molar-refractivity contribution in [3.05, 3.63) is 29.8 Å². The Hall–Kier alpha value is -0.870. The van der Waals surface area contributed by atoms with E-state index in [0.29, 0.717) is 5.75 Å². The van der Waals surface area contributed by atoms with E-state index in [1.807, 2.05) is 6.07 Å². The summed E-state index contributed by atoms with van der Waals surface area (Å²) in [6.45, 7) is 7.55. The predicted molar refractivity (Wildman–Crippen MR) is 83.1 cm³/mol. The van der Waals surface area contributed by atoms with Crippen LogP contribution in [0.3, 0.4) is 0 Å². The molecule has 0 spiro atoms. The van der Waals surface area contributed by atoms with Gasteiger partial charge in [0.05, 0.1) is 0 Å². The molecule has 19 heavy (non-hydrogen) atoms. The summed E-state index contributed by atoms with van der Waals surface area (Å²) in [4.78, 5) is 0. The van der Waals surface area contributed by atoms with Crippen molar-refractivity contribution in [3.8, 4) is 0 Å². The van der Waals surface area contributed by atoms with E-state index in [-0.39, 0.29) is 5.41 Å². The Kier molecular flexibility index (Phi) is 6.52. The van der Waals surface area contributed by atoms with Crippen LogP contribution >= 0.6 is 0 Å². The summed E-state index contributed by atoms with van der Waals surface area (Å²) >= 11 is -1.66. The molecule has 1 aromatic rings. The highest BCUT2D eigenvalue weighted by Gasteiger charge is 2.20. The summed E-state index contributed by atoms with van der Waals surface area (Å²) < 4.78 is 19.3. The maximum absolute atomic E-state index is 10.5. The van der Waals surface area contributed by atoms with Gasteiger partial charge in [0, 0.05) is 18.0 Å². The lowest BCUT2D eigenvalue weighted by molar-refractivity contribution is 0.507. The minimum absolute atomic E-state index is 0.163. The fourth-order valence-corrected chi connectivity index (χ4v) is 2.44. The Morgan fingerprint density at radius 3 is 2.58 bits per heavy atom. The van der Waals surface area contributed by atoms with Crippen molar-refractivity contribution in [1.29, 1.82) is 0 Å². The third-order valence-corrected chi connectivity index (χ3v) is 4.24. The van der Waals surface area contributed by atoms with Gasteiger partial charge in [0.15, 0.2) is 11.1 Å². The Morgan fingerprint density at radius 1 is 1.26 bits per heavy atom.